The highest BCUT2D eigenvalue weighted by Crippen LogP contribution is 2.19. The maximum Gasteiger partial charge on any atom is 0.321 e. The molecule has 8 nitrogen and oxygen atoms in total. The van der Waals surface area contributed by atoms with Crippen molar-refractivity contribution < 1.29 is 9.53 Å². The Labute approximate surface area is 174 Å². The van der Waals surface area contributed by atoms with Gasteiger partial charge in [-0.25, -0.2) is 9.78 Å². The van der Waals surface area contributed by atoms with Crippen LogP contribution in [0.1, 0.15) is 6.92 Å². The first-order chi connectivity index (χ1) is 14.6. The Kier molecular flexibility index (Phi) is 5.56. The fraction of sp³-hybridized carbons (Fsp3) is 0.318. The molecule has 1 aliphatic heterocycles. The van der Waals surface area contributed by atoms with E-state index < -0.39 is 0 Å². The SMILES string of the molecule is CCn1c(=O)c(N2CCN(C(=O)Nc3cccc(OC)c3)CC2)nc2ccccc21. The van der Waals surface area contributed by atoms with Crippen molar-refractivity contribution in [1.29, 1.82) is 0 Å². The van der Waals surface area contributed by atoms with Crippen molar-refractivity contribution in [3.8, 4) is 5.75 Å². The summed E-state index contributed by atoms with van der Waals surface area (Å²) in [5.41, 5.74) is 2.23. The molecule has 156 valence electrons. The summed E-state index contributed by atoms with van der Waals surface area (Å²) in [7, 11) is 1.59. The molecule has 2 heterocycles. The number of amides is 2. The van der Waals surface area contributed by atoms with Gasteiger partial charge in [0.2, 0.25) is 0 Å². The zero-order valence-electron chi connectivity index (χ0n) is 17.2. The van der Waals surface area contributed by atoms with E-state index in [0.29, 0.717) is 50.0 Å². The average Bonchev–Trinajstić information content (AvgIpc) is 2.79. The number of ether oxygens (including phenoxy) is 1. The van der Waals surface area contributed by atoms with Gasteiger partial charge in [-0.05, 0) is 31.2 Å². The lowest BCUT2D eigenvalue weighted by Crippen LogP contribution is -2.51. The number of urea groups is 1. The van der Waals surface area contributed by atoms with Gasteiger partial charge in [-0.3, -0.25) is 4.79 Å². The number of fused-ring (bicyclic) bond motifs is 1. The van der Waals surface area contributed by atoms with Gasteiger partial charge in [0.1, 0.15) is 5.75 Å². The maximum atomic E-state index is 13.0. The van der Waals surface area contributed by atoms with Crippen molar-refractivity contribution in [2.24, 2.45) is 0 Å². The molecule has 1 saturated heterocycles. The summed E-state index contributed by atoms with van der Waals surface area (Å²) in [4.78, 5) is 33.9. The number of rotatable bonds is 4. The van der Waals surface area contributed by atoms with E-state index in [2.05, 4.69) is 10.3 Å². The summed E-state index contributed by atoms with van der Waals surface area (Å²) in [6.45, 7) is 4.66. The number of carbonyl (C=O) groups excluding carboxylic acids is 1. The Balaban J connectivity index is 1.47. The molecule has 2 amide bonds. The fourth-order valence-electron chi connectivity index (χ4n) is 3.72. The normalized spacial score (nSPS) is 14.1. The topological polar surface area (TPSA) is 79.7 Å². The molecule has 0 radical (unpaired) electrons. The number of para-hydroxylation sites is 2. The molecule has 0 unspecified atom stereocenters. The monoisotopic (exact) mass is 407 g/mol. The number of aromatic nitrogens is 2. The van der Waals surface area contributed by atoms with E-state index in [-0.39, 0.29) is 11.6 Å². The summed E-state index contributed by atoms with van der Waals surface area (Å²) in [5.74, 6) is 1.13. The minimum absolute atomic E-state index is 0.0921. The quantitative estimate of drug-likeness (QED) is 0.719. The van der Waals surface area contributed by atoms with E-state index in [4.69, 9.17) is 4.74 Å². The van der Waals surface area contributed by atoms with Crippen molar-refractivity contribution in [2.75, 3.05) is 43.5 Å². The molecule has 1 N–H and O–H groups in total. The van der Waals surface area contributed by atoms with Crippen LogP contribution in [0.15, 0.2) is 53.3 Å². The van der Waals surface area contributed by atoms with E-state index in [1.54, 1.807) is 22.6 Å². The van der Waals surface area contributed by atoms with Gasteiger partial charge in [-0.2, -0.15) is 0 Å². The van der Waals surface area contributed by atoms with Crippen molar-refractivity contribution in [3.63, 3.8) is 0 Å². The molecule has 0 atom stereocenters. The van der Waals surface area contributed by atoms with Crippen LogP contribution in [-0.4, -0.2) is 53.8 Å². The first kappa shape index (κ1) is 19.8. The van der Waals surface area contributed by atoms with E-state index in [1.165, 1.54) is 0 Å². The summed E-state index contributed by atoms with van der Waals surface area (Å²) < 4.78 is 6.94. The Morgan fingerprint density at radius 2 is 1.87 bits per heavy atom. The molecule has 3 aromatic rings. The Morgan fingerprint density at radius 1 is 1.10 bits per heavy atom. The average molecular weight is 407 g/mol. The lowest BCUT2D eigenvalue weighted by atomic mass is 10.2. The molecular formula is C22H25N5O3. The second-order valence-corrected chi connectivity index (χ2v) is 7.11. The third-order valence-electron chi connectivity index (χ3n) is 5.34. The van der Waals surface area contributed by atoms with Gasteiger partial charge < -0.3 is 24.4 Å². The number of piperazine rings is 1. The summed E-state index contributed by atoms with van der Waals surface area (Å²) in [6, 6.07) is 14.8. The number of anilines is 2. The molecule has 0 aliphatic carbocycles. The molecule has 4 rings (SSSR count). The summed E-state index contributed by atoms with van der Waals surface area (Å²) >= 11 is 0. The van der Waals surface area contributed by atoms with E-state index >= 15 is 0 Å². The minimum atomic E-state index is -0.166. The minimum Gasteiger partial charge on any atom is -0.497 e. The fourth-order valence-corrected chi connectivity index (χ4v) is 3.72. The highest BCUT2D eigenvalue weighted by Gasteiger charge is 2.24. The van der Waals surface area contributed by atoms with Crippen molar-refractivity contribution in [1.82, 2.24) is 14.5 Å². The number of benzene rings is 2. The number of methoxy groups -OCH3 is 1. The number of nitrogens with one attached hydrogen (secondary N) is 1. The first-order valence-corrected chi connectivity index (χ1v) is 10.0. The highest BCUT2D eigenvalue weighted by molar-refractivity contribution is 5.89. The predicted molar refractivity (Wildman–Crippen MR) is 117 cm³/mol. The van der Waals surface area contributed by atoms with Crippen LogP contribution in [0.2, 0.25) is 0 Å². The van der Waals surface area contributed by atoms with Gasteiger partial charge in [-0.15, -0.1) is 0 Å². The number of hydrogen-bond donors (Lipinski definition) is 1. The number of nitrogens with zero attached hydrogens (tertiary/aromatic N) is 4. The van der Waals surface area contributed by atoms with E-state index in [1.807, 2.05) is 54.3 Å². The van der Waals surface area contributed by atoms with Crippen LogP contribution in [0.3, 0.4) is 0 Å². The smallest absolute Gasteiger partial charge is 0.321 e. The molecule has 0 saturated carbocycles. The largest absolute Gasteiger partial charge is 0.497 e. The van der Waals surface area contributed by atoms with E-state index in [9.17, 15) is 9.59 Å². The third kappa shape index (κ3) is 3.80. The Bertz CT molecular complexity index is 1120. The van der Waals surface area contributed by atoms with Crippen LogP contribution in [0.4, 0.5) is 16.3 Å². The Morgan fingerprint density at radius 3 is 2.60 bits per heavy atom. The number of aryl methyl sites for hydroxylation is 1. The van der Waals surface area contributed by atoms with Gasteiger partial charge in [0, 0.05) is 44.5 Å². The van der Waals surface area contributed by atoms with Crippen LogP contribution in [0.5, 0.6) is 5.75 Å². The lowest BCUT2D eigenvalue weighted by molar-refractivity contribution is 0.208. The zero-order chi connectivity index (χ0) is 21.1. The summed E-state index contributed by atoms with van der Waals surface area (Å²) in [6.07, 6.45) is 0. The molecule has 2 aromatic carbocycles. The lowest BCUT2D eigenvalue weighted by Gasteiger charge is -2.35. The molecule has 1 fully saturated rings. The van der Waals surface area contributed by atoms with Crippen LogP contribution < -0.4 is 20.5 Å². The number of carbonyl (C=O) groups is 1. The first-order valence-electron chi connectivity index (χ1n) is 10.0. The second-order valence-electron chi connectivity index (χ2n) is 7.11. The molecule has 30 heavy (non-hydrogen) atoms. The van der Waals surface area contributed by atoms with Gasteiger partial charge in [0.15, 0.2) is 5.82 Å². The second kappa shape index (κ2) is 8.44. The van der Waals surface area contributed by atoms with Crippen molar-refractivity contribution in [3.05, 3.63) is 58.9 Å². The molecule has 0 bridgehead atoms. The zero-order valence-corrected chi connectivity index (χ0v) is 17.2. The number of hydrogen-bond acceptors (Lipinski definition) is 5. The van der Waals surface area contributed by atoms with E-state index in [0.717, 1.165) is 11.0 Å². The van der Waals surface area contributed by atoms with Crippen LogP contribution in [0, 0.1) is 0 Å². The third-order valence-corrected chi connectivity index (χ3v) is 5.34. The highest BCUT2D eigenvalue weighted by atomic mass is 16.5. The Hall–Kier alpha value is -3.55. The summed E-state index contributed by atoms with van der Waals surface area (Å²) in [5, 5.41) is 2.90. The van der Waals surface area contributed by atoms with Crippen LogP contribution in [0.25, 0.3) is 11.0 Å². The van der Waals surface area contributed by atoms with Crippen molar-refractivity contribution in [2.45, 2.75) is 13.5 Å². The standard InChI is InChI=1S/C22H25N5O3/c1-3-27-19-10-5-4-9-18(19)24-20(21(27)28)25-11-13-26(14-12-25)22(29)23-16-7-6-8-17(15-16)30-2/h4-10,15H,3,11-14H2,1-2H3,(H,23,29). The molecule has 0 spiro atoms. The van der Waals surface area contributed by atoms with Crippen molar-refractivity contribution >= 4 is 28.6 Å². The van der Waals surface area contributed by atoms with Gasteiger partial charge in [0.05, 0.1) is 18.1 Å². The van der Waals surface area contributed by atoms with Gasteiger partial charge in [-0.1, -0.05) is 18.2 Å². The van der Waals surface area contributed by atoms with Crippen LogP contribution in [-0.2, 0) is 6.54 Å². The maximum absolute atomic E-state index is 13.0. The molecule has 1 aliphatic rings. The van der Waals surface area contributed by atoms with Crippen LogP contribution >= 0.6 is 0 Å². The molecule has 8 heteroatoms. The molecular weight excluding hydrogens is 382 g/mol. The predicted octanol–water partition coefficient (Wildman–Crippen LogP) is 2.78. The van der Waals surface area contributed by atoms with Gasteiger partial charge in [0.25, 0.3) is 5.56 Å². The van der Waals surface area contributed by atoms with Gasteiger partial charge >= 0.3 is 6.03 Å². The molecule has 1 aromatic heterocycles.